The van der Waals surface area contributed by atoms with Gasteiger partial charge in [-0.3, -0.25) is 34.1 Å². The molecule has 0 fully saturated rings. The molecule has 0 spiro atoms. The second-order valence-corrected chi connectivity index (χ2v) is 10.5. The van der Waals surface area contributed by atoms with Crippen molar-refractivity contribution in [3.63, 3.8) is 0 Å². The average Bonchev–Trinajstić information content (AvgIpc) is 2.95. The normalized spacial score (nSPS) is 11.5. The van der Waals surface area contributed by atoms with Crippen LogP contribution in [0, 0.1) is 11.8 Å². The van der Waals surface area contributed by atoms with E-state index in [9.17, 15) is 28.8 Å². The molecule has 6 N–H and O–H groups in total. The molecule has 0 unspecified atom stereocenters. The van der Waals surface area contributed by atoms with Crippen molar-refractivity contribution in [2.75, 3.05) is 46.1 Å². The second kappa shape index (κ2) is 20.9. The summed E-state index contributed by atoms with van der Waals surface area (Å²) in [5.41, 5.74) is 0.779. The van der Waals surface area contributed by atoms with Gasteiger partial charge in [0.15, 0.2) is 0 Å². The topological polar surface area (TPSA) is 184 Å². The van der Waals surface area contributed by atoms with Gasteiger partial charge in [-0.05, 0) is 17.9 Å². The number of hydrogen-bond donors (Lipinski definition) is 6. The maximum absolute atomic E-state index is 12.8. The molecule has 0 aliphatic rings. The van der Waals surface area contributed by atoms with Crippen molar-refractivity contribution in [1.29, 1.82) is 0 Å². The highest BCUT2D eigenvalue weighted by atomic mass is 16.5. The summed E-state index contributed by atoms with van der Waals surface area (Å²) in [7, 11) is 0. The summed E-state index contributed by atoms with van der Waals surface area (Å²) in [6.07, 6.45) is 1.17. The Hall–Kier alpha value is -3.84. The van der Waals surface area contributed by atoms with Crippen LogP contribution >= 0.6 is 0 Å². The maximum atomic E-state index is 12.8. The molecule has 5 amide bonds. The third-order valence-corrected chi connectivity index (χ3v) is 5.92. The Morgan fingerprint density at radius 2 is 1.33 bits per heavy atom. The molecule has 42 heavy (non-hydrogen) atoms. The van der Waals surface area contributed by atoms with Gasteiger partial charge in [-0.15, -0.1) is 0 Å². The summed E-state index contributed by atoms with van der Waals surface area (Å²) >= 11 is 0. The fourth-order valence-corrected chi connectivity index (χ4v) is 3.30. The Kier molecular flexibility index (Phi) is 18.0. The summed E-state index contributed by atoms with van der Waals surface area (Å²) in [6.45, 7) is 7.67. The lowest BCUT2D eigenvalue weighted by Crippen LogP contribution is -2.52. The van der Waals surface area contributed by atoms with Crippen LogP contribution in [0.15, 0.2) is 30.3 Å². The fourth-order valence-electron chi connectivity index (χ4n) is 3.30. The molecule has 13 heteroatoms. The minimum atomic E-state index is -1.01. The molecule has 0 heterocycles. The second-order valence-electron chi connectivity index (χ2n) is 10.5. The first-order valence-corrected chi connectivity index (χ1v) is 14.2. The highest BCUT2D eigenvalue weighted by Crippen LogP contribution is 2.04. The summed E-state index contributed by atoms with van der Waals surface area (Å²) in [4.78, 5) is 73.1. The molecule has 0 radical (unpaired) electrons. The van der Waals surface area contributed by atoms with Gasteiger partial charge in [-0.2, -0.15) is 0 Å². The molecule has 1 aromatic rings. The predicted molar refractivity (Wildman–Crippen MR) is 157 cm³/mol. The maximum Gasteiger partial charge on any atom is 0.243 e. The fraction of sp³-hybridized carbons (Fsp3) is 0.586. The zero-order valence-corrected chi connectivity index (χ0v) is 25.0. The van der Waals surface area contributed by atoms with E-state index >= 15 is 0 Å². The summed E-state index contributed by atoms with van der Waals surface area (Å²) in [6, 6.07) is 7.98. The Labute approximate surface area is 247 Å². The van der Waals surface area contributed by atoms with Gasteiger partial charge in [-0.1, -0.05) is 58.0 Å². The van der Waals surface area contributed by atoms with Crippen molar-refractivity contribution in [1.82, 2.24) is 31.9 Å². The number of nitrogens with one attached hydrogen (secondary N) is 6. The SMILES string of the molecule is CC(C)CCOCCC(=O)NCC(=O)NCC(=O)N[C@@H](Cc1ccccc1)C(=O)NCC(=O)NCNCC(=O)C(C)C. The quantitative estimate of drug-likeness (QED) is 0.0810. The Bertz CT molecular complexity index is 1020. The van der Waals surface area contributed by atoms with E-state index in [-0.39, 0.29) is 63.4 Å². The summed E-state index contributed by atoms with van der Waals surface area (Å²) < 4.78 is 5.38. The van der Waals surface area contributed by atoms with E-state index in [4.69, 9.17) is 4.74 Å². The average molecular weight is 591 g/mol. The highest BCUT2D eigenvalue weighted by molar-refractivity contribution is 5.92. The minimum Gasteiger partial charge on any atom is -0.381 e. The van der Waals surface area contributed by atoms with Crippen molar-refractivity contribution in [3.8, 4) is 0 Å². The first kappa shape index (κ1) is 36.2. The first-order valence-electron chi connectivity index (χ1n) is 14.2. The van der Waals surface area contributed by atoms with E-state index in [1.165, 1.54) is 0 Å². The lowest BCUT2D eigenvalue weighted by molar-refractivity contribution is -0.131. The van der Waals surface area contributed by atoms with Crippen LogP contribution in [0.25, 0.3) is 0 Å². The molecule has 0 saturated carbocycles. The van der Waals surface area contributed by atoms with E-state index in [1.807, 2.05) is 6.07 Å². The van der Waals surface area contributed by atoms with Crippen LogP contribution in [-0.2, 0) is 39.9 Å². The van der Waals surface area contributed by atoms with Gasteiger partial charge >= 0.3 is 0 Å². The van der Waals surface area contributed by atoms with Crippen molar-refractivity contribution in [2.24, 2.45) is 11.8 Å². The van der Waals surface area contributed by atoms with Crippen LogP contribution in [0.1, 0.15) is 46.1 Å². The van der Waals surface area contributed by atoms with Gasteiger partial charge < -0.3 is 31.3 Å². The van der Waals surface area contributed by atoms with Gasteiger partial charge in [0.1, 0.15) is 11.8 Å². The van der Waals surface area contributed by atoms with Crippen LogP contribution in [-0.4, -0.2) is 87.4 Å². The summed E-state index contributed by atoms with van der Waals surface area (Å²) in [5, 5.41) is 15.3. The van der Waals surface area contributed by atoms with Crippen molar-refractivity contribution < 1.29 is 33.5 Å². The monoisotopic (exact) mass is 590 g/mol. The van der Waals surface area contributed by atoms with Crippen molar-refractivity contribution in [3.05, 3.63) is 35.9 Å². The van der Waals surface area contributed by atoms with Crippen LogP contribution in [0.2, 0.25) is 0 Å². The van der Waals surface area contributed by atoms with Crippen LogP contribution in [0.4, 0.5) is 0 Å². The van der Waals surface area contributed by atoms with Gasteiger partial charge in [-0.25, -0.2) is 0 Å². The molecule has 0 aliphatic carbocycles. The molecular formula is C29H46N6O7. The molecule has 0 aromatic heterocycles. The van der Waals surface area contributed by atoms with E-state index in [1.54, 1.807) is 38.1 Å². The van der Waals surface area contributed by atoms with E-state index in [2.05, 4.69) is 45.7 Å². The van der Waals surface area contributed by atoms with Gasteiger partial charge in [0.2, 0.25) is 29.5 Å². The molecule has 1 rings (SSSR count). The number of Topliss-reactive ketones (excluding diaryl/α,β-unsaturated/α-hetero) is 1. The molecule has 13 nitrogen and oxygen atoms in total. The molecule has 1 aromatic carbocycles. The molecule has 0 saturated heterocycles. The molecule has 1 atom stereocenters. The van der Waals surface area contributed by atoms with Gasteiger partial charge in [0.05, 0.1) is 39.5 Å². The van der Waals surface area contributed by atoms with Gasteiger partial charge in [0.25, 0.3) is 0 Å². The highest BCUT2D eigenvalue weighted by Gasteiger charge is 2.22. The van der Waals surface area contributed by atoms with Gasteiger partial charge in [0, 0.05) is 25.4 Å². The molecule has 234 valence electrons. The lowest BCUT2D eigenvalue weighted by Gasteiger charge is -2.19. The molecule has 0 bridgehead atoms. The van der Waals surface area contributed by atoms with E-state index < -0.39 is 36.2 Å². The number of benzene rings is 1. The zero-order chi connectivity index (χ0) is 31.3. The third-order valence-electron chi connectivity index (χ3n) is 5.92. The number of amides is 5. The number of ether oxygens (including phenoxy) is 1. The first-order chi connectivity index (χ1) is 20.0. The van der Waals surface area contributed by atoms with Crippen LogP contribution in [0.3, 0.4) is 0 Å². The lowest BCUT2D eigenvalue weighted by atomic mass is 10.1. The summed E-state index contributed by atoms with van der Waals surface area (Å²) in [5.74, 6) is -2.19. The number of carbonyl (C=O) groups excluding carboxylic acids is 6. The smallest absolute Gasteiger partial charge is 0.243 e. The van der Waals surface area contributed by atoms with E-state index in [0.29, 0.717) is 12.5 Å². The van der Waals surface area contributed by atoms with E-state index in [0.717, 1.165) is 12.0 Å². The number of hydrogen-bond acceptors (Lipinski definition) is 8. The van der Waals surface area contributed by atoms with Crippen LogP contribution < -0.4 is 31.9 Å². The largest absolute Gasteiger partial charge is 0.381 e. The van der Waals surface area contributed by atoms with Crippen LogP contribution in [0.5, 0.6) is 0 Å². The van der Waals surface area contributed by atoms with Crippen molar-refractivity contribution in [2.45, 2.75) is 53.0 Å². The third kappa shape index (κ3) is 17.8. The predicted octanol–water partition coefficient (Wildman–Crippen LogP) is -0.596. The Morgan fingerprint density at radius 3 is 2.00 bits per heavy atom. The Balaban J connectivity index is 2.47. The molecular weight excluding hydrogens is 544 g/mol. The standard InChI is InChI=1S/C29H46N6O7/c1-20(2)10-12-42-13-11-25(37)31-16-26(38)32-18-28(40)35-23(14-22-8-6-5-7-9-22)29(41)33-17-27(39)34-19-30-15-24(36)21(3)4/h5-9,20-21,23,30H,10-19H2,1-4H3,(H,31,37)(H,32,38)(H,33,41)(H,34,39)(H,35,40)/t23-/m0/s1. The zero-order valence-electron chi connectivity index (χ0n) is 25.0. The number of rotatable bonds is 21. The Morgan fingerprint density at radius 1 is 0.714 bits per heavy atom. The minimum absolute atomic E-state index is 0.0102. The van der Waals surface area contributed by atoms with Crippen molar-refractivity contribution >= 4 is 35.3 Å². The molecule has 0 aliphatic heterocycles. The number of carbonyl (C=O) groups is 6. The number of ketones is 1.